The molecule has 17 heavy (non-hydrogen) atoms. The summed E-state index contributed by atoms with van der Waals surface area (Å²) < 4.78 is 0. The van der Waals surface area contributed by atoms with Crippen molar-refractivity contribution in [1.82, 2.24) is 0 Å². The molecule has 1 aliphatic rings. The van der Waals surface area contributed by atoms with Crippen LogP contribution in [0.15, 0.2) is 12.1 Å². The molecule has 0 saturated carbocycles. The van der Waals surface area contributed by atoms with Gasteiger partial charge in [-0.2, -0.15) is 0 Å². The maximum atomic E-state index is 10.1. The van der Waals surface area contributed by atoms with Crippen molar-refractivity contribution in [3.8, 4) is 5.75 Å². The third kappa shape index (κ3) is 2.63. The van der Waals surface area contributed by atoms with Crippen molar-refractivity contribution in [2.24, 2.45) is 5.73 Å². The Kier molecular flexibility index (Phi) is 4.06. The van der Waals surface area contributed by atoms with Gasteiger partial charge in [0.05, 0.1) is 0 Å². The van der Waals surface area contributed by atoms with Gasteiger partial charge in [-0.15, -0.1) is 0 Å². The Balaban J connectivity index is 2.41. The van der Waals surface area contributed by atoms with Crippen LogP contribution in [0.5, 0.6) is 5.75 Å². The largest absolute Gasteiger partial charge is 0.508 e. The van der Waals surface area contributed by atoms with Gasteiger partial charge in [-0.1, -0.05) is 19.4 Å². The minimum Gasteiger partial charge on any atom is -0.508 e. The van der Waals surface area contributed by atoms with Crippen molar-refractivity contribution in [1.29, 1.82) is 0 Å². The van der Waals surface area contributed by atoms with E-state index >= 15 is 0 Å². The molecule has 94 valence electrons. The molecule has 1 unspecified atom stereocenters. The minimum absolute atomic E-state index is 0.369. The van der Waals surface area contributed by atoms with Crippen LogP contribution in [0.3, 0.4) is 0 Å². The molecule has 0 radical (unpaired) electrons. The van der Waals surface area contributed by atoms with Crippen molar-refractivity contribution in [2.75, 3.05) is 6.54 Å². The van der Waals surface area contributed by atoms with E-state index in [0.29, 0.717) is 18.2 Å². The Morgan fingerprint density at radius 1 is 1.24 bits per heavy atom. The molecule has 2 nitrogen and oxygen atoms in total. The number of aryl methyl sites for hydroxylation is 1. The number of benzene rings is 1. The van der Waals surface area contributed by atoms with E-state index in [2.05, 4.69) is 13.0 Å². The van der Waals surface area contributed by atoms with E-state index in [-0.39, 0.29) is 0 Å². The predicted molar refractivity (Wildman–Crippen MR) is 71.5 cm³/mol. The fourth-order valence-corrected chi connectivity index (χ4v) is 2.97. The Bertz CT molecular complexity index is 387. The second-order valence-corrected chi connectivity index (χ2v) is 5.18. The van der Waals surface area contributed by atoms with E-state index in [9.17, 15) is 5.11 Å². The molecule has 0 fully saturated rings. The fraction of sp³-hybridized carbons (Fsp3) is 0.600. The van der Waals surface area contributed by atoms with Crippen LogP contribution in [0.1, 0.15) is 55.2 Å². The SMILES string of the molecule is CC(CCN)c1c(O)ccc2c1CCCCC2. The first-order valence-electron chi connectivity index (χ1n) is 6.77. The van der Waals surface area contributed by atoms with Crippen molar-refractivity contribution < 1.29 is 5.11 Å². The third-order valence-corrected chi connectivity index (χ3v) is 3.90. The molecule has 0 amide bonds. The smallest absolute Gasteiger partial charge is 0.119 e. The van der Waals surface area contributed by atoms with Gasteiger partial charge in [0.2, 0.25) is 0 Å². The quantitative estimate of drug-likeness (QED) is 0.788. The van der Waals surface area contributed by atoms with E-state index in [1.165, 1.54) is 30.4 Å². The van der Waals surface area contributed by atoms with E-state index in [1.807, 2.05) is 6.07 Å². The molecule has 1 aliphatic carbocycles. The zero-order valence-electron chi connectivity index (χ0n) is 10.7. The zero-order chi connectivity index (χ0) is 12.3. The Hall–Kier alpha value is -1.02. The van der Waals surface area contributed by atoms with Gasteiger partial charge in [0, 0.05) is 5.56 Å². The molecule has 0 spiro atoms. The monoisotopic (exact) mass is 233 g/mol. The summed E-state index contributed by atoms with van der Waals surface area (Å²) >= 11 is 0. The molecule has 1 aromatic rings. The van der Waals surface area contributed by atoms with Crippen molar-refractivity contribution >= 4 is 0 Å². The van der Waals surface area contributed by atoms with Gasteiger partial charge in [-0.05, 0) is 61.8 Å². The fourth-order valence-electron chi connectivity index (χ4n) is 2.97. The predicted octanol–water partition coefficient (Wildman–Crippen LogP) is 3.11. The molecular weight excluding hydrogens is 210 g/mol. The molecule has 3 N–H and O–H groups in total. The summed E-state index contributed by atoms with van der Waals surface area (Å²) in [5.74, 6) is 0.833. The number of fused-ring (bicyclic) bond motifs is 1. The molecule has 2 rings (SSSR count). The summed E-state index contributed by atoms with van der Waals surface area (Å²) in [6.07, 6.45) is 7.07. The first-order chi connectivity index (χ1) is 8.24. The van der Waals surface area contributed by atoms with Crippen LogP contribution in [-0.4, -0.2) is 11.7 Å². The van der Waals surface area contributed by atoms with E-state index in [0.717, 1.165) is 24.8 Å². The van der Waals surface area contributed by atoms with Gasteiger partial charge in [0.25, 0.3) is 0 Å². The van der Waals surface area contributed by atoms with Crippen LogP contribution >= 0.6 is 0 Å². The first-order valence-corrected chi connectivity index (χ1v) is 6.77. The lowest BCUT2D eigenvalue weighted by molar-refractivity contribution is 0.459. The van der Waals surface area contributed by atoms with E-state index < -0.39 is 0 Å². The van der Waals surface area contributed by atoms with Crippen molar-refractivity contribution in [3.63, 3.8) is 0 Å². The summed E-state index contributed by atoms with van der Waals surface area (Å²) in [4.78, 5) is 0. The lowest BCUT2D eigenvalue weighted by atomic mass is 9.87. The number of aromatic hydroxyl groups is 1. The summed E-state index contributed by atoms with van der Waals surface area (Å²) in [7, 11) is 0. The van der Waals surface area contributed by atoms with Gasteiger partial charge < -0.3 is 10.8 Å². The van der Waals surface area contributed by atoms with Gasteiger partial charge in [0.15, 0.2) is 0 Å². The van der Waals surface area contributed by atoms with Crippen LogP contribution in [0, 0.1) is 0 Å². The summed E-state index contributed by atoms with van der Waals surface area (Å²) in [6, 6.07) is 3.97. The standard InChI is InChI=1S/C15H23NO/c1-11(9-10-16)15-13-6-4-2-3-5-12(13)7-8-14(15)17/h7-8,11,17H,2-6,9-10,16H2,1H3. The summed E-state index contributed by atoms with van der Waals surface area (Å²) in [5.41, 5.74) is 9.65. The highest BCUT2D eigenvalue weighted by atomic mass is 16.3. The van der Waals surface area contributed by atoms with Crippen LogP contribution in [0.2, 0.25) is 0 Å². The van der Waals surface area contributed by atoms with Crippen LogP contribution in [-0.2, 0) is 12.8 Å². The average Bonchev–Trinajstić information content (AvgIpc) is 2.54. The number of hydrogen-bond donors (Lipinski definition) is 2. The highest BCUT2D eigenvalue weighted by Crippen LogP contribution is 2.36. The number of rotatable bonds is 3. The van der Waals surface area contributed by atoms with Crippen molar-refractivity contribution in [2.45, 2.75) is 51.4 Å². The minimum atomic E-state index is 0.369. The van der Waals surface area contributed by atoms with Crippen LogP contribution < -0.4 is 5.73 Å². The molecule has 0 saturated heterocycles. The van der Waals surface area contributed by atoms with E-state index in [4.69, 9.17) is 5.73 Å². The maximum Gasteiger partial charge on any atom is 0.119 e. The molecular formula is C15H23NO. The zero-order valence-corrected chi connectivity index (χ0v) is 10.7. The molecule has 0 heterocycles. The molecule has 1 aromatic carbocycles. The number of phenolic OH excluding ortho intramolecular Hbond substituents is 1. The Morgan fingerprint density at radius 2 is 2.00 bits per heavy atom. The topological polar surface area (TPSA) is 46.2 Å². The lowest BCUT2D eigenvalue weighted by Gasteiger charge is -2.19. The molecule has 0 bridgehead atoms. The summed E-state index contributed by atoms with van der Waals surface area (Å²) in [6.45, 7) is 2.86. The molecule has 0 aromatic heterocycles. The Morgan fingerprint density at radius 3 is 2.76 bits per heavy atom. The first kappa shape index (κ1) is 12.4. The number of phenols is 1. The van der Waals surface area contributed by atoms with Gasteiger partial charge in [0.1, 0.15) is 5.75 Å². The van der Waals surface area contributed by atoms with Crippen molar-refractivity contribution in [3.05, 3.63) is 28.8 Å². The second kappa shape index (κ2) is 5.54. The normalized spacial score (nSPS) is 17.3. The third-order valence-electron chi connectivity index (χ3n) is 3.90. The molecule has 2 heteroatoms. The van der Waals surface area contributed by atoms with Gasteiger partial charge in [-0.3, -0.25) is 0 Å². The maximum absolute atomic E-state index is 10.1. The lowest BCUT2D eigenvalue weighted by Crippen LogP contribution is -2.08. The second-order valence-electron chi connectivity index (χ2n) is 5.18. The summed E-state index contributed by atoms with van der Waals surface area (Å²) in [5, 5.41) is 10.1. The average molecular weight is 233 g/mol. The number of hydrogen-bond acceptors (Lipinski definition) is 2. The van der Waals surface area contributed by atoms with Crippen LogP contribution in [0.4, 0.5) is 0 Å². The van der Waals surface area contributed by atoms with Gasteiger partial charge in [-0.25, -0.2) is 0 Å². The van der Waals surface area contributed by atoms with Crippen LogP contribution in [0.25, 0.3) is 0 Å². The highest BCUT2D eigenvalue weighted by molar-refractivity contribution is 5.47. The van der Waals surface area contributed by atoms with E-state index in [1.54, 1.807) is 0 Å². The number of nitrogens with two attached hydrogens (primary N) is 1. The highest BCUT2D eigenvalue weighted by Gasteiger charge is 2.19. The molecule has 0 aliphatic heterocycles. The van der Waals surface area contributed by atoms with Gasteiger partial charge >= 0.3 is 0 Å². The molecule has 1 atom stereocenters. The Labute approximate surface area is 104 Å².